The smallest absolute Gasteiger partial charge is 0.263 e. The van der Waals surface area contributed by atoms with Crippen LogP contribution in [0.2, 0.25) is 0 Å². The van der Waals surface area contributed by atoms with Gasteiger partial charge in [-0.1, -0.05) is 0 Å². The lowest BCUT2D eigenvalue weighted by atomic mass is 10.2. The van der Waals surface area contributed by atoms with Gasteiger partial charge in [0.1, 0.15) is 4.83 Å². The van der Waals surface area contributed by atoms with Crippen LogP contribution in [-0.2, 0) is 13.1 Å². The zero-order chi connectivity index (χ0) is 15.7. The summed E-state index contributed by atoms with van der Waals surface area (Å²) in [4.78, 5) is 29.6. The maximum absolute atomic E-state index is 12.5. The van der Waals surface area contributed by atoms with Crippen LogP contribution in [0, 0.1) is 0 Å². The summed E-state index contributed by atoms with van der Waals surface area (Å²) in [5, 5.41) is 22.1. The highest BCUT2D eigenvalue weighted by Crippen LogP contribution is 2.20. The Balaban J connectivity index is 2.00. The summed E-state index contributed by atoms with van der Waals surface area (Å²) in [6.45, 7) is 0.164. The molecular weight excluding hydrogens is 310 g/mol. The molecule has 3 heterocycles. The van der Waals surface area contributed by atoms with Gasteiger partial charge in [-0.25, -0.2) is 4.98 Å². The number of tetrazole rings is 1. The van der Waals surface area contributed by atoms with E-state index in [-0.39, 0.29) is 30.6 Å². The van der Waals surface area contributed by atoms with Crippen LogP contribution in [0.3, 0.4) is 0 Å². The molecule has 22 heavy (non-hydrogen) atoms. The summed E-state index contributed by atoms with van der Waals surface area (Å²) in [7, 11) is 0. The standard InChI is InChI=1S/C11H11N7O3S/c12-9(20)6-4-22-10-8(6)11(21)17(5-13-10)3-7-14-16-18(15-7)1-2-19/h4-5,19H,1-3H2,(H2,12,20). The van der Waals surface area contributed by atoms with Gasteiger partial charge >= 0.3 is 0 Å². The minimum absolute atomic E-state index is 0.0568. The van der Waals surface area contributed by atoms with Crippen molar-refractivity contribution in [3.63, 3.8) is 0 Å². The largest absolute Gasteiger partial charge is 0.394 e. The predicted octanol–water partition coefficient (Wildman–Crippen LogP) is -1.42. The van der Waals surface area contributed by atoms with Crippen LogP contribution in [0.4, 0.5) is 0 Å². The third-order valence-corrected chi connectivity index (χ3v) is 3.82. The van der Waals surface area contributed by atoms with Crippen LogP contribution in [0.15, 0.2) is 16.5 Å². The van der Waals surface area contributed by atoms with E-state index in [1.54, 1.807) is 0 Å². The van der Waals surface area contributed by atoms with Crippen molar-refractivity contribution in [3.05, 3.63) is 33.4 Å². The number of aliphatic hydroxyl groups is 1. The summed E-state index contributed by atoms with van der Waals surface area (Å²) >= 11 is 1.18. The van der Waals surface area contributed by atoms with Crippen molar-refractivity contribution in [2.75, 3.05) is 6.61 Å². The molecule has 0 saturated heterocycles. The maximum Gasteiger partial charge on any atom is 0.263 e. The van der Waals surface area contributed by atoms with E-state index in [9.17, 15) is 9.59 Å². The number of nitrogens with two attached hydrogens (primary N) is 1. The Labute approximate surface area is 126 Å². The second-order valence-corrected chi connectivity index (χ2v) is 5.25. The van der Waals surface area contributed by atoms with E-state index in [1.165, 1.54) is 32.4 Å². The fourth-order valence-corrected chi connectivity index (χ4v) is 2.82. The summed E-state index contributed by atoms with van der Waals surface area (Å²) in [5.74, 6) is -0.373. The Morgan fingerprint density at radius 3 is 3.00 bits per heavy atom. The number of rotatable bonds is 5. The van der Waals surface area contributed by atoms with Crippen LogP contribution >= 0.6 is 11.3 Å². The second-order valence-electron chi connectivity index (χ2n) is 4.40. The third-order valence-electron chi connectivity index (χ3n) is 2.93. The Hall–Kier alpha value is -2.66. The van der Waals surface area contributed by atoms with Gasteiger partial charge in [0.2, 0.25) is 5.91 Å². The summed E-state index contributed by atoms with van der Waals surface area (Å²) in [6, 6.07) is 0. The molecule has 0 fully saturated rings. The molecule has 0 spiro atoms. The van der Waals surface area contributed by atoms with Gasteiger partial charge in [0.15, 0.2) is 5.82 Å². The average molecular weight is 321 g/mol. The van der Waals surface area contributed by atoms with Gasteiger partial charge in [0.05, 0.1) is 37.0 Å². The predicted molar refractivity (Wildman–Crippen MR) is 76.4 cm³/mol. The highest BCUT2D eigenvalue weighted by Gasteiger charge is 2.16. The van der Waals surface area contributed by atoms with E-state index in [0.29, 0.717) is 10.7 Å². The molecule has 3 aromatic rings. The summed E-state index contributed by atoms with van der Waals surface area (Å²) < 4.78 is 1.28. The Kier molecular flexibility index (Phi) is 3.65. The van der Waals surface area contributed by atoms with Gasteiger partial charge in [0, 0.05) is 5.38 Å². The Morgan fingerprint density at radius 2 is 2.27 bits per heavy atom. The molecule has 0 aliphatic rings. The van der Waals surface area contributed by atoms with Crippen molar-refractivity contribution >= 4 is 27.5 Å². The number of thiophene rings is 1. The molecule has 0 aromatic carbocycles. The minimum atomic E-state index is -0.671. The molecule has 114 valence electrons. The SMILES string of the molecule is NC(=O)c1csc2ncn(Cc3nnn(CCO)n3)c(=O)c12. The molecule has 0 radical (unpaired) electrons. The first-order chi connectivity index (χ1) is 10.6. The molecule has 0 saturated carbocycles. The van der Waals surface area contributed by atoms with E-state index in [0.717, 1.165) is 0 Å². The number of primary amides is 1. The normalized spacial score (nSPS) is 11.1. The first-order valence-corrected chi connectivity index (χ1v) is 7.12. The molecule has 11 heteroatoms. The van der Waals surface area contributed by atoms with Crippen molar-refractivity contribution in [1.82, 2.24) is 29.8 Å². The van der Waals surface area contributed by atoms with E-state index < -0.39 is 11.5 Å². The van der Waals surface area contributed by atoms with Crippen molar-refractivity contribution in [3.8, 4) is 0 Å². The van der Waals surface area contributed by atoms with E-state index in [1.807, 2.05) is 0 Å². The molecule has 3 rings (SSSR count). The van der Waals surface area contributed by atoms with Gasteiger partial charge in [-0.3, -0.25) is 14.2 Å². The number of carbonyl (C=O) groups is 1. The van der Waals surface area contributed by atoms with Gasteiger partial charge in [0.25, 0.3) is 5.56 Å². The number of hydrogen-bond acceptors (Lipinski definition) is 8. The first-order valence-electron chi connectivity index (χ1n) is 6.24. The monoisotopic (exact) mass is 321 g/mol. The Morgan fingerprint density at radius 1 is 1.45 bits per heavy atom. The lowest BCUT2D eigenvalue weighted by Gasteiger charge is -2.02. The van der Waals surface area contributed by atoms with Crippen LogP contribution in [0.1, 0.15) is 16.2 Å². The molecule has 0 bridgehead atoms. The second kappa shape index (κ2) is 5.61. The summed E-state index contributed by atoms with van der Waals surface area (Å²) in [5.41, 5.74) is 5.03. The van der Waals surface area contributed by atoms with Crippen LogP contribution in [0.5, 0.6) is 0 Å². The molecule has 0 atom stereocenters. The highest BCUT2D eigenvalue weighted by molar-refractivity contribution is 7.17. The van der Waals surface area contributed by atoms with Crippen LogP contribution in [-0.4, -0.2) is 47.4 Å². The highest BCUT2D eigenvalue weighted by atomic mass is 32.1. The third kappa shape index (κ3) is 2.46. The molecule has 3 aromatic heterocycles. The topological polar surface area (TPSA) is 142 Å². The van der Waals surface area contributed by atoms with Gasteiger partial charge in [-0.05, 0) is 5.21 Å². The van der Waals surface area contributed by atoms with Crippen molar-refractivity contribution in [1.29, 1.82) is 0 Å². The van der Waals surface area contributed by atoms with Crippen molar-refractivity contribution < 1.29 is 9.90 Å². The summed E-state index contributed by atoms with van der Waals surface area (Å²) in [6.07, 6.45) is 1.36. The number of hydrogen-bond donors (Lipinski definition) is 2. The van der Waals surface area contributed by atoms with Gasteiger partial charge in [-0.15, -0.1) is 21.5 Å². The molecular formula is C11H11N7O3S. The average Bonchev–Trinajstić information content (AvgIpc) is 3.09. The number of fused-ring (bicyclic) bond motifs is 1. The van der Waals surface area contributed by atoms with Crippen molar-refractivity contribution in [2.45, 2.75) is 13.1 Å². The van der Waals surface area contributed by atoms with Crippen LogP contribution < -0.4 is 11.3 Å². The van der Waals surface area contributed by atoms with E-state index in [4.69, 9.17) is 10.8 Å². The number of aliphatic hydroxyl groups excluding tert-OH is 1. The van der Waals surface area contributed by atoms with Crippen LogP contribution in [0.25, 0.3) is 10.2 Å². The van der Waals surface area contributed by atoms with Crippen molar-refractivity contribution in [2.24, 2.45) is 5.73 Å². The quantitative estimate of drug-likeness (QED) is 0.587. The number of amides is 1. The van der Waals surface area contributed by atoms with E-state index in [2.05, 4.69) is 20.4 Å². The lowest BCUT2D eigenvalue weighted by Crippen LogP contribution is -2.23. The number of carbonyl (C=O) groups excluding carboxylic acids is 1. The molecule has 0 aliphatic heterocycles. The molecule has 1 amide bonds. The molecule has 0 unspecified atom stereocenters. The first kappa shape index (κ1) is 14.3. The number of nitrogens with zero attached hydrogens (tertiary/aromatic N) is 6. The fraction of sp³-hybridized carbons (Fsp3) is 0.273. The zero-order valence-electron chi connectivity index (χ0n) is 11.2. The maximum atomic E-state index is 12.5. The minimum Gasteiger partial charge on any atom is -0.394 e. The molecule has 0 aliphatic carbocycles. The lowest BCUT2D eigenvalue weighted by molar-refractivity contribution is 0.100. The van der Waals surface area contributed by atoms with Gasteiger partial charge < -0.3 is 10.8 Å². The number of aromatic nitrogens is 6. The molecule has 3 N–H and O–H groups in total. The Bertz CT molecular complexity index is 897. The zero-order valence-corrected chi connectivity index (χ0v) is 12.0. The molecule has 10 nitrogen and oxygen atoms in total. The fourth-order valence-electron chi connectivity index (χ4n) is 1.94. The van der Waals surface area contributed by atoms with Gasteiger partial charge in [-0.2, -0.15) is 4.80 Å². The van der Waals surface area contributed by atoms with E-state index >= 15 is 0 Å².